The van der Waals surface area contributed by atoms with Crippen LogP contribution in [0.25, 0.3) is 10.9 Å². The smallest absolute Gasteiger partial charge is 0.335 e. The summed E-state index contributed by atoms with van der Waals surface area (Å²) in [6.07, 6.45) is 4.99. The van der Waals surface area contributed by atoms with Gasteiger partial charge in [-0.05, 0) is 43.5 Å². The van der Waals surface area contributed by atoms with Crippen molar-refractivity contribution in [2.45, 2.75) is 13.3 Å². The molecule has 23 heavy (non-hydrogen) atoms. The minimum absolute atomic E-state index is 0.168. The second kappa shape index (κ2) is 7.14. The highest BCUT2D eigenvalue weighted by molar-refractivity contribution is 5.90. The van der Waals surface area contributed by atoms with Crippen LogP contribution in [0.3, 0.4) is 0 Å². The summed E-state index contributed by atoms with van der Waals surface area (Å²) in [5.74, 6) is -1.00. The first kappa shape index (κ1) is 16.1. The number of carboxylic acids is 1. The lowest BCUT2D eigenvalue weighted by molar-refractivity contribution is -0.132. The number of carbonyl (C=O) groups is 1. The molecule has 0 aliphatic rings. The third-order valence-corrected chi connectivity index (χ3v) is 3.34. The fraction of sp³-hybridized carbons (Fsp3) is 0.111. The molecule has 5 heteroatoms. The van der Waals surface area contributed by atoms with Crippen molar-refractivity contribution in [1.82, 2.24) is 4.98 Å². The number of rotatable bonds is 5. The predicted molar refractivity (Wildman–Crippen MR) is 89.2 cm³/mol. The third kappa shape index (κ3) is 3.89. The van der Waals surface area contributed by atoms with Gasteiger partial charge < -0.3 is 5.11 Å². The average Bonchev–Trinajstić information content (AvgIpc) is 2.57. The van der Waals surface area contributed by atoms with Crippen molar-refractivity contribution in [2.75, 3.05) is 0 Å². The van der Waals surface area contributed by atoms with E-state index in [1.54, 1.807) is 13.0 Å². The minimum Gasteiger partial charge on any atom is -0.478 e. The number of aliphatic imine (C=N–C) groups is 1. The first-order valence-corrected chi connectivity index (χ1v) is 6.93. The van der Waals surface area contributed by atoms with E-state index < -0.39 is 5.97 Å². The Hall–Kier alpha value is -3.26. The first-order chi connectivity index (χ1) is 11.1. The van der Waals surface area contributed by atoms with Gasteiger partial charge in [0.2, 0.25) is 0 Å². The van der Waals surface area contributed by atoms with Crippen molar-refractivity contribution in [1.29, 1.82) is 5.26 Å². The van der Waals surface area contributed by atoms with Gasteiger partial charge in [-0.1, -0.05) is 12.1 Å². The minimum atomic E-state index is -1.00. The second-order valence-corrected chi connectivity index (χ2v) is 4.88. The lowest BCUT2D eigenvalue weighted by Crippen LogP contribution is -1.99. The molecule has 0 bridgehead atoms. The monoisotopic (exact) mass is 305 g/mol. The number of pyridine rings is 1. The van der Waals surface area contributed by atoms with E-state index in [0.717, 1.165) is 16.5 Å². The SMILES string of the molecule is C=N/C(=C\C(=C/C)C(=O)O)Cc1ccc2ncc(C#N)cc2c1. The highest BCUT2D eigenvalue weighted by Crippen LogP contribution is 2.18. The number of hydrogen-bond donors (Lipinski definition) is 1. The number of nitrogens with zero attached hydrogens (tertiary/aromatic N) is 3. The van der Waals surface area contributed by atoms with Crippen molar-refractivity contribution in [2.24, 2.45) is 4.99 Å². The molecule has 0 spiro atoms. The molecule has 0 fully saturated rings. The highest BCUT2D eigenvalue weighted by Gasteiger charge is 2.06. The summed E-state index contributed by atoms with van der Waals surface area (Å²) in [7, 11) is 0. The third-order valence-electron chi connectivity index (χ3n) is 3.34. The van der Waals surface area contributed by atoms with E-state index in [0.29, 0.717) is 17.7 Å². The fourth-order valence-corrected chi connectivity index (χ4v) is 2.16. The van der Waals surface area contributed by atoms with Crippen molar-refractivity contribution in [3.8, 4) is 6.07 Å². The summed E-state index contributed by atoms with van der Waals surface area (Å²) in [6.45, 7) is 5.16. The Morgan fingerprint density at radius 3 is 2.87 bits per heavy atom. The molecule has 0 aliphatic heterocycles. The van der Waals surface area contributed by atoms with Crippen molar-refractivity contribution in [3.63, 3.8) is 0 Å². The van der Waals surface area contributed by atoms with Gasteiger partial charge in [0.15, 0.2) is 0 Å². The van der Waals surface area contributed by atoms with E-state index in [9.17, 15) is 4.79 Å². The molecular weight excluding hydrogens is 290 g/mol. The van der Waals surface area contributed by atoms with E-state index in [-0.39, 0.29) is 5.57 Å². The largest absolute Gasteiger partial charge is 0.478 e. The number of hydrogen-bond acceptors (Lipinski definition) is 4. The molecule has 0 saturated carbocycles. The molecule has 0 unspecified atom stereocenters. The Morgan fingerprint density at radius 1 is 1.48 bits per heavy atom. The highest BCUT2D eigenvalue weighted by atomic mass is 16.4. The molecule has 2 aromatic rings. The summed E-state index contributed by atoms with van der Waals surface area (Å²) in [6, 6.07) is 9.51. The Morgan fingerprint density at radius 2 is 2.26 bits per heavy atom. The van der Waals surface area contributed by atoms with Gasteiger partial charge in [0, 0.05) is 23.7 Å². The molecule has 0 saturated heterocycles. The lowest BCUT2D eigenvalue weighted by Gasteiger charge is -2.05. The molecule has 2 rings (SSSR count). The zero-order chi connectivity index (χ0) is 16.8. The topological polar surface area (TPSA) is 86.3 Å². The van der Waals surface area contributed by atoms with Gasteiger partial charge >= 0.3 is 5.97 Å². The first-order valence-electron chi connectivity index (χ1n) is 6.93. The van der Waals surface area contributed by atoms with E-state index >= 15 is 0 Å². The molecule has 0 atom stereocenters. The number of carboxylic acid groups (broad SMARTS) is 1. The maximum atomic E-state index is 11.1. The van der Waals surface area contributed by atoms with Crippen LogP contribution in [-0.2, 0) is 11.2 Å². The van der Waals surface area contributed by atoms with Crippen molar-refractivity contribution in [3.05, 3.63) is 65.0 Å². The molecule has 0 radical (unpaired) electrons. The van der Waals surface area contributed by atoms with E-state index in [2.05, 4.69) is 22.8 Å². The molecular formula is C18H15N3O2. The Balaban J connectivity index is 2.36. The van der Waals surface area contributed by atoms with Gasteiger partial charge in [-0.2, -0.15) is 5.26 Å². The predicted octanol–water partition coefficient (Wildman–Crippen LogP) is 3.26. The number of benzene rings is 1. The Labute approximate surface area is 133 Å². The number of aromatic nitrogens is 1. The van der Waals surface area contributed by atoms with Gasteiger partial charge in [-0.15, -0.1) is 0 Å². The maximum Gasteiger partial charge on any atom is 0.335 e. The van der Waals surface area contributed by atoms with Crippen LogP contribution < -0.4 is 0 Å². The number of fused-ring (bicyclic) bond motifs is 1. The molecule has 0 amide bonds. The lowest BCUT2D eigenvalue weighted by atomic mass is 10.0. The van der Waals surface area contributed by atoms with E-state index in [1.807, 2.05) is 18.2 Å². The summed E-state index contributed by atoms with van der Waals surface area (Å²) >= 11 is 0. The van der Waals surface area contributed by atoms with Crippen LogP contribution in [0.15, 0.2) is 58.9 Å². The van der Waals surface area contributed by atoms with Crippen LogP contribution in [0.4, 0.5) is 0 Å². The molecule has 5 nitrogen and oxygen atoms in total. The zero-order valence-electron chi connectivity index (χ0n) is 12.7. The Kier molecular flexibility index (Phi) is 5.00. The fourth-order valence-electron chi connectivity index (χ4n) is 2.16. The summed E-state index contributed by atoms with van der Waals surface area (Å²) in [5.41, 5.74) is 2.96. The molecule has 0 aliphatic carbocycles. The summed E-state index contributed by atoms with van der Waals surface area (Å²) < 4.78 is 0. The molecule has 114 valence electrons. The summed E-state index contributed by atoms with van der Waals surface area (Å²) in [5, 5.41) is 18.9. The quantitative estimate of drug-likeness (QED) is 0.522. The number of allylic oxidation sites excluding steroid dienone is 2. The molecule has 1 heterocycles. The Bertz CT molecular complexity index is 873. The molecule has 1 N–H and O–H groups in total. The van der Waals surface area contributed by atoms with Crippen LogP contribution in [-0.4, -0.2) is 22.8 Å². The van der Waals surface area contributed by atoms with Crippen LogP contribution in [0.5, 0.6) is 0 Å². The van der Waals surface area contributed by atoms with Crippen molar-refractivity contribution >= 4 is 23.6 Å². The van der Waals surface area contributed by atoms with Gasteiger partial charge in [-0.25, -0.2) is 4.79 Å². The summed E-state index contributed by atoms with van der Waals surface area (Å²) in [4.78, 5) is 19.2. The van der Waals surface area contributed by atoms with E-state index in [1.165, 1.54) is 18.3 Å². The van der Waals surface area contributed by atoms with Crippen LogP contribution in [0.2, 0.25) is 0 Å². The van der Waals surface area contributed by atoms with Gasteiger partial charge in [0.25, 0.3) is 0 Å². The van der Waals surface area contributed by atoms with Gasteiger partial charge in [-0.3, -0.25) is 9.98 Å². The number of aliphatic carboxylic acids is 1. The van der Waals surface area contributed by atoms with Crippen LogP contribution in [0, 0.1) is 11.3 Å². The number of nitriles is 1. The molecule has 1 aromatic heterocycles. The maximum absolute atomic E-state index is 11.1. The van der Waals surface area contributed by atoms with Crippen LogP contribution in [0.1, 0.15) is 18.1 Å². The normalized spacial score (nSPS) is 12.0. The average molecular weight is 305 g/mol. The standard InChI is InChI=1S/C18H15N3O2/c1-3-14(18(22)23)9-16(20-2)8-12-4-5-17-15(6-12)7-13(10-19)11-21-17/h3-7,9,11H,2,8H2,1H3,(H,22,23)/b14-3+,16-9-. The second-order valence-electron chi connectivity index (χ2n) is 4.88. The van der Waals surface area contributed by atoms with Crippen molar-refractivity contribution < 1.29 is 9.90 Å². The van der Waals surface area contributed by atoms with E-state index in [4.69, 9.17) is 10.4 Å². The van der Waals surface area contributed by atoms with Gasteiger partial charge in [0.1, 0.15) is 6.07 Å². The van der Waals surface area contributed by atoms with Gasteiger partial charge in [0.05, 0.1) is 16.7 Å². The van der Waals surface area contributed by atoms with Crippen LogP contribution >= 0.6 is 0 Å². The molecule has 1 aromatic carbocycles. The zero-order valence-corrected chi connectivity index (χ0v) is 12.7.